The topological polar surface area (TPSA) is 59.5 Å². The van der Waals surface area contributed by atoms with Crippen LogP contribution in [0.3, 0.4) is 0 Å². The molecule has 6 heteroatoms. The van der Waals surface area contributed by atoms with Crippen LogP contribution in [0, 0.1) is 0 Å². The lowest BCUT2D eigenvalue weighted by atomic mass is 10.3. The Kier molecular flexibility index (Phi) is 9.48. The quantitative estimate of drug-likeness (QED) is 0.596. The van der Waals surface area contributed by atoms with E-state index in [1.165, 1.54) is 12.7 Å². The first-order valence-electron chi connectivity index (χ1n) is 7.70. The largest absolute Gasteiger partial charge is 0.475 e. The zero-order chi connectivity index (χ0) is 15.3. The Morgan fingerprint density at radius 2 is 1.95 bits per heavy atom. The molecule has 0 bridgehead atoms. The van der Waals surface area contributed by atoms with Crippen LogP contribution in [0.15, 0.2) is 12.4 Å². The Labute approximate surface area is 127 Å². The summed E-state index contributed by atoms with van der Waals surface area (Å²) in [7, 11) is 1.65. The second-order valence-corrected chi connectivity index (χ2v) is 4.74. The minimum atomic E-state index is 0.497. The maximum atomic E-state index is 5.45. The van der Waals surface area contributed by atoms with Gasteiger partial charge in [0.1, 0.15) is 18.8 Å². The predicted octanol–water partition coefficient (Wildman–Crippen LogP) is 2.04. The summed E-state index contributed by atoms with van der Waals surface area (Å²) in [6.45, 7) is 9.77. The van der Waals surface area contributed by atoms with Crippen molar-refractivity contribution in [1.82, 2.24) is 14.9 Å². The molecule has 0 radical (unpaired) electrons. The molecule has 1 N–H and O–H groups in total. The van der Waals surface area contributed by atoms with E-state index in [4.69, 9.17) is 9.47 Å². The van der Waals surface area contributed by atoms with Crippen molar-refractivity contribution in [2.75, 3.05) is 51.8 Å². The van der Waals surface area contributed by atoms with Gasteiger partial charge in [0.05, 0.1) is 6.61 Å². The summed E-state index contributed by atoms with van der Waals surface area (Å²) in [5.41, 5.74) is 0. The number of nitrogens with zero attached hydrogens (tertiary/aromatic N) is 3. The van der Waals surface area contributed by atoms with Crippen molar-refractivity contribution in [3.63, 3.8) is 0 Å². The SMILES string of the molecule is CCN(CC)CCCCNc1cc(OCCOC)ncn1. The van der Waals surface area contributed by atoms with Crippen LogP contribution in [0.2, 0.25) is 0 Å². The smallest absolute Gasteiger partial charge is 0.218 e. The van der Waals surface area contributed by atoms with Crippen LogP contribution in [0.5, 0.6) is 5.88 Å². The van der Waals surface area contributed by atoms with E-state index in [-0.39, 0.29) is 0 Å². The van der Waals surface area contributed by atoms with Crippen molar-refractivity contribution in [3.8, 4) is 5.88 Å². The summed E-state index contributed by atoms with van der Waals surface area (Å²) in [6.07, 6.45) is 3.83. The van der Waals surface area contributed by atoms with E-state index < -0.39 is 0 Å². The number of nitrogens with one attached hydrogen (secondary N) is 1. The number of rotatable bonds is 12. The Bertz CT molecular complexity index is 372. The Morgan fingerprint density at radius 1 is 1.14 bits per heavy atom. The number of ether oxygens (including phenoxy) is 2. The summed E-state index contributed by atoms with van der Waals surface area (Å²) in [5, 5.41) is 3.30. The Hall–Kier alpha value is -1.40. The molecule has 1 rings (SSSR count). The van der Waals surface area contributed by atoms with Gasteiger partial charge in [-0.05, 0) is 32.5 Å². The van der Waals surface area contributed by atoms with Crippen LogP contribution in [0.25, 0.3) is 0 Å². The molecule has 0 spiro atoms. The second kappa shape index (κ2) is 11.3. The van der Waals surface area contributed by atoms with Gasteiger partial charge in [-0.1, -0.05) is 13.8 Å². The molecule has 0 saturated heterocycles. The number of hydrogen-bond donors (Lipinski definition) is 1. The molecule has 21 heavy (non-hydrogen) atoms. The average molecular weight is 296 g/mol. The third kappa shape index (κ3) is 7.82. The third-order valence-corrected chi connectivity index (χ3v) is 3.28. The molecule has 0 aromatic carbocycles. The first kappa shape index (κ1) is 17.7. The molecule has 120 valence electrons. The zero-order valence-electron chi connectivity index (χ0n) is 13.5. The highest BCUT2D eigenvalue weighted by atomic mass is 16.5. The average Bonchev–Trinajstić information content (AvgIpc) is 2.52. The zero-order valence-corrected chi connectivity index (χ0v) is 13.5. The van der Waals surface area contributed by atoms with E-state index in [9.17, 15) is 0 Å². The van der Waals surface area contributed by atoms with Crippen molar-refractivity contribution in [2.24, 2.45) is 0 Å². The summed E-state index contributed by atoms with van der Waals surface area (Å²) >= 11 is 0. The van der Waals surface area contributed by atoms with Crippen molar-refractivity contribution < 1.29 is 9.47 Å². The van der Waals surface area contributed by atoms with E-state index in [1.54, 1.807) is 7.11 Å². The van der Waals surface area contributed by atoms with E-state index in [2.05, 4.69) is 34.0 Å². The molecule has 6 nitrogen and oxygen atoms in total. The lowest BCUT2D eigenvalue weighted by molar-refractivity contribution is 0.143. The van der Waals surface area contributed by atoms with Crippen LogP contribution >= 0.6 is 0 Å². The minimum Gasteiger partial charge on any atom is -0.475 e. The third-order valence-electron chi connectivity index (χ3n) is 3.28. The Balaban J connectivity index is 2.21. The van der Waals surface area contributed by atoms with Gasteiger partial charge in [0.2, 0.25) is 5.88 Å². The van der Waals surface area contributed by atoms with Gasteiger partial charge in [0, 0.05) is 19.7 Å². The number of hydrogen-bond acceptors (Lipinski definition) is 6. The van der Waals surface area contributed by atoms with Gasteiger partial charge in [-0.2, -0.15) is 0 Å². The lowest BCUT2D eigenvalue weighted by Gasteiger charge is -2.17. The van der Waals surface area contributed by atoms with Gasteiger partial charge < -0.3 is 19.7 Å². The van der Waals surface area contributed by atoms with Crippen molar-refractivity contribution in [3.05, 3.63) is 12.4 Å². The summed E-state index contributed by atoms with van der Waals surface area (Å²) in [5.74, 6) is 1.38. The monoisotopic (exact) mass is 296 g/mol. The molecule has 1 aromatic heterocycles. The molecule has 0 aliphatic carbocycles. The highest BCUT2D eigenvalue weighted by molar-refractivity contribution is 5.36. The molecule has 1 aromatic rings. The van der Waals surface area contributed by atoms with E-state index in [1.807, 2.05) is 6.07 Å². The molecule has 0 amide bonds. The van der Waals surface area contributed by atoms with E-state index >= 15 is 0 Å². The van der Waals surface area contributed by atoms with Gasteiger partial charge in [0.15, 0.2) is 0 Å². The first-order valence-corrected chi connectivity index (χ1v) is 7.70. The van der Waals surface area contributed by atoms with Crippen molar-refractivity contribution in [1.29, 1.82) is 0 Å². The van der Waals surface area contributed by atoms with Crippen molar-refractivity contribution in [2.45, 2.75) is 26.7 Å². The number of anilines is 1. The molecule has 1 heterocycles. The highest BCUT2D eigenvalue weighted by Gasteiger charge is 2.01. The molecule has 0 atom stereocenters. The molecule has 0 aliphatic heterocycles. The van der Waals surface area contributed by atoms with Crippen LogP contribution in [-0.4, -0.2) is 61.4 Å². The molecule has 0 fully saturated rings. The van der Waals surface area contributed by atoms with Crippen LogP contribution in [-0.2, 0) is 4.74 Å². The van der Waals surface area contributed by atoms with Gasteiger partial charge in [-0.3, -0.25) is 0 Å². The standard InChI is InChI=1S/C15H28N4O2/c1-4-19(5-2)9-7-6-8-16-14-12-15(18-13-17-14)21-11-10-20-3/h12-13H,4-11H2,1-3H3,(H,16,17,18). The molecule has 0 saturated carbocycles. The number of methoxy groups -OCH3 is 1. The first-order chi connectivity index (χ1) is 10.3. The lowest BCUT2D eigenvalue weighted by Crippen LogP contribution is -2.24. The molecular formula is C15H28N4O2. The fraction of sp³-hybridized carbons (Fsp3) is 0.733. The highest BCUT2D eigenvalue weighted by Crippen LogP contribution is 2.11. The Morgan fingerprint density at radius 3 is 2.67 bits per heavy atom. The minimum absolute atomic E-state index is 0.497. The van der Waals surface area contributed by atoms with E-state index in [0.717, 1.165) is 38.4 Å². The molecular weight excluding hydrogens is 268 g/mol. The van der Waals surface area contributed by atoms with Crippen LogP contribution < -0.4 is 10.1 Å². The van der Waals surface area contributed by atoms with Crippen LogP contribution in [0.1, 0.15) is 26.7 Å². The summed E-state index contributed by atoms with van der Waals surface area (Å²) in [6, 6.07) is 1.82. The molecule has 0 unspecified atom stereocenters. The number of aromatic nitrogens is 2. The van der Waals surface area contributed by atoms with Crippen molar-refractivity contribution >= 4 is 5.82 Å². The summed E-state index contributed by atoms with van der Waals surface area (Å²) < 4.78 is 10.4. The molecule has 0 aliphatic rings. The fourth-order valence-corrected chi connectivity index (χ4v) is 1.96. The fourth-order valence-electron chi connectivity index (χ4n) is 1.96. The normalized spacial score (nSPS) is 10.9. The van der Waals surface area contributed by atoms with Crippen LogP contribution in [0.4, 0.5) is 5.82 Å². The van der Waals surface area contributed by atoms with Gasteiger partial charge >= 0.3 is 0 Å². The maximum absolute atomic E-state index is 5.45. The summed E-state index contributed by atoms with van der Waals surface area (Å²) in [4.78, 5) is 10.7. The maximum Gasteiger partial charge on any atom is 0.218 e. The van der Waals surface area contributed by atoms with E-state index in [0.29, 0.717) is 19.1 Å². The predicted molar refractivity (Wildman–Crippen MR) is 84.9 cm³/mol. The van der Waals surface area contributed by atoms with Gasteiger partial charge in [-0.25, -0.2) is 9.97 Å². The van der Waals surface area contributed by atoms with Gasteiger partial charge in [0.25, 0.3) is 0 Å². The second-order valence-electron chi connectivity index (χ2n) is 4.74. The number of unbranched alkanes of at least 4 members (excludes halogenated alkanes) is 1. The van der Waals surface area contributed by atoms with Gasteiger partial charge in [-0.15, -0.1) is 0 Å².